The summed E-state index contributed by atoms with van der Waals surface area (Å²) in [6.45, 7) is 8.26. The Morgan fingerprint density at radius 3 is 2.64 bits per heavy atom. The van der Waals surface area contributed by atoms with Crippen molar-refractivity contribution in [2.75, 3.05) is 17.2 Å². The summed E-state index contributed by atoms with van der Waals surface area (Å²) in [6.07, 6.45) is -0.0564. The van der Waals surface area contributed by atoms with Gasteiger partial charge in [-0.3, -0.25) is 4.79 Å². The van der Waals surface area contributed by atoms with E-state index in [1.54, 1.807) is 0 Å². The first-order valence-electron chi connectivity index (χ1n) is 10.8. The number of hydrogen-bond donors (Lipinski definition) is 3. The van der Waals surface area contributed by atoms with Gasteiger partial charge in [-0.15, -0.1) is 0 Å². The summed E-state index contributed by atoms with van der Waals surface area (Å²) in [4.78, 5) is 35.1. The van der Waals surface area contributed by atoms with E-state index in [9.17, 15) is 14.7 Å². The number of carbonyl (C=O) groups excluding carboxylic acids is 1. The molecule has 4 rings (SSSR count). The predicted molar refractivity (Wildman–Crippen MR) is 128 cm³/mol. The minimum absolute atomic E-state index is 0.133. The number of ketones is 1. The van der Waals surface area contributed by atoms with Crippen LogP contribution < -0.4 is 20.7 Å². The third kappa shape index (κ3) is 4.12. The van der Waals surface area contributed by atoms with E-state index in [2.05, 4.69) is 56.9 Å². The number of aromatic nitrogens is 2. The van der Waals surface area contributed by atoms with Crippen LogP contribution in [0.15, 0.2) is 28.9 Å². The number of nitrogens with one attached hydrogen (secondary N) is 1. The molecule has 3 atom stereocenters. The molecule has 2 aliphatic heterocycles. The number of carbonyl (C=O) groups is 2. The minimum atomic E-state index is -1.10. The Labute approximate surface area is 200 Å². The Hall–Kier alpha value is -2.88. The van der Waals surface area contributed by atoms with Gasteiger partial charge in [-0.2, -0.15) is 0 Å². The molecule has 2 aromatic rings. The maximum Gasteiger partial charge on any atom is 0.405 e. The van der Waals surface area contributed by atoms with Crippen molar-refractivity contribution in [1.82, 2.24) is 15.3 Å². The average molecular weight is 518 g/mol. The summed E-state index contributed by atoms with van der Waals surface area (Å²) in [6, 6.07) is 6.89. The van der Waals surface area contributed by atoms with Gasteiger partial charge in [0.15, 0.2) is 17.4 Å². The predicted octanol–water partition coefficient (Wildman–Crippen LogP) is 4.18. The molecule has 1 aromatic carbocycles. The zero-order valence-electron chi connectivity index (χ0n) is 19.1. The fourth-order valence-corrected chi connectivity index (χ4v) is 5.21. The number of anilines is 2. The molecule has 0 radical (unpaired) electrons. The highest BCUT2D eigenvalue weighted by atomic mass is 79.9. The Morgan fingerprint density at radius 1 is 1.30 bits per heavy atom. The molecule has 10 heteroatoms. The van der Waals surface area contributed by atoms with Crippen LogP contribution >= 0.6 is 15.9 Å². The Balaban J connectivity index is 1.78. The van der Waals surface area contributed by atoms with Crippen molar-refractivity contribution in [1.29, 1.82) is 0 Å². The van der Waals surface area contributed by atoms with Gasteiger partial charge in [0.25, 0.3) is 0 Å². The highest BCUT2D eigenvalue weighted by Gasteiger charge is 2.55. The number of halogens is 1. The van der Waals surface area contributed by atoms with Crippen molar-refractivity contribution in [2.24, 2.45) is 5.41 Å². The number of benzene rings is 1. The number of carboxylic acid groups (broad SMARTS) is 1. The number of nitrogens with two attached hydrogens (primary N) is 1. The van der Waals surface area contributed by atoms with E-state index in [4.69, 9.17) is 10.5 Å². The molecule has 1 amide bonds. The van der Waals surface area contributed by atoms with Gasteiger partial charge >= 0.3 is 6.09 Å². The lowest BCUT2D eigenvalue weighted by Crippen LogP contribution is -2.60. The van der Waals surface area contributed by atoms with Crippen LogP contribution in [0.5, 0.6) is 5.75 Å². The minimum Gasteiger partial charge on any atom is -0.484 e. The van der Waals surface area contributed by atoms with Crippen LogP contribution in [-0.4, -0.2) is 45.1 Å². The summed E-state index contributed by atoms with van der Waals surface area (Å²) in [7, 11) is 0. The molecule has 2 aliphatic rings. The van der Waals surface area contributed by atoms with Crippen LogP contribution in [0.2, 0.25) is 0 Å². The van der Waals surface area contributed by atoms with Crippen molar-refractivity contribution >= 4 is 39.4 Å². The smallest absolute Gasteiger partial charge is 0.405 e. The maximum absolute atomic E-state index is 12.4. The van der Waals surface area contributed by atoms with Crippen molar-refractivity contribution in [3.8, 4) is 5.75 Å². The zero-order valence-corrected chi connectivity index (χ0v) is 20.6. The van der Waals surface area contributed by atoms with E-state index in [-0.39, 0.29) is 28.8 Å². The molecule has 9 nitrogen and oxygen atoms in total. The third-order valence-corrected chi connectivity index (χ3v) is 7.08. The first-order valence-corrected chi connectivity index (χ1v) is 11.6. The molecular weight excluding hydrogens is 490 g/mol. The van der Waals surface area contributed by atoms with Crippen LogP contribution in [0.4, 0.5) is 16.4 Å². The zero-order chi connectivity index (χ0) is 24.1. The second-order valence-electron chi connectivity index (χ2n) is 9.74. The van der Waals surface area contributed by atoms with Gasteiger partial charge in [-0.05, 0) is 27.4 Å². The van der Waals surface area contributed by atoms with E-state index in [1.165, 1.54) is 6.92 Å². The van der Waals surface area contributed by atoms with E-state index in [0.717, 1.165) is 5.56 Å². The van der Waals surface area contributed by atoms with Crippen LogP contribution in [0.3, 0.4) is 0 Å². The van der Waals surface area contributed by atoms with Crippen molar-refractivity contribution in [3.63, 3.8) is 0 Å². The van der Waals surface area contributed by atoms with Crippen LogP contribution in [0.1, 0.15) is 62.6 Å². The molecule has 3 heterocycles. The highest BCUT2D eigenvalue weighted by Crippen LogP contribution is 2.52. The van der Waals surface area contributed by atoms with E-state index in [0.29, 0.717) is 35.6 Å². The van der Waals surface area contributed by atoms with Gasteiger partial charge in [0.2, 0.25) is 0 Å². The second-order valence-corrected chi connectivity index (χ2v) is 10.5. The van der Waals surface area contributed by atoms with Crippen LogP contribution in [0.25, 0.3) is 0 Å². The molecule has 1 spiro atoms. The standard InChI is InChI=1S/C23H28BrN5O4/c1-12(30)16-20(28-19(25)18(24)26-16)29-10-9-23(11-15(29)22(2,3)4)17(27-21(31)32)13-7-5-6-8-14(13)33-23/h5-8,15,17,27H,9-11H2,1-4H3,(H2,25,28)(H,31,32)/t15-,17?,23?/m1/s1. The SMILES string of the molecule is CC(=O)c1nc(Br)c(N)nc1N1CCC2(C[C@@H]1C(C)(C)C)Oc1ccccc1C2NC(=O)O. The molecule has 0 bridgehead atoms. The monoisotopic (exact) mass is 517 g/mol. The largest absolute Gasteiger partial charge is 0.484 e. The second kappa shape index (κ2) is 8.16. The number of nitrogens with zero attached hydrogens (tertiary/aromatic N) is 3. The summed E-state index contributed by atoms with van der Waals surface area (Å²) in [5, 5.41) is 12.3. The Kier molecular flexibility index (Phi) is 5.76. The Morgan fingerprint density at radius 2 is 2.00 bits per heavy atom. The number of hydrogen-bond acceptors (Lipinski definition) is 7. The summed E-state index contributed by atoms with van der Waals surface area (Å²) in [5.41, 5.74) is 6.11. The average Bonchev–Trinajstić information content (AvgIpc) is 3.01. The van der Waals surface area contributed by atoms with E-state index in [1.807, 2.05) is 24.3 Å². The lowest BCUT2D eigenvalue weighted by molar-refractivity contribution is 0.00346. The molecule has 1 fully saturated rings. The number of piperidine rings is 1. The molecule has 33 heavy (non-hydrogen) atoms. The lowest BCUT2D eigenvalue weighted by Gasteiger charge is -2.51. The normalized spacial score (nSPS) is 24.3. The molecule has 1 saturated heterocycles. The molecule has 0 aliphatic carbocycles. The number of rotatable bonds is 3. The van der Waals surface area contributed by atoms with Gasteiger partial charge in [0.1, 0.15) is 27.7 Å². The molecular formula is C23H28BrN5O4. The number of para-hydroxylation sites is 1. The fourth-order valence-electron chi connectivity index (χ4n) is 4.95. The van der Waals surface area contributed by atoms with Gasteiger partial charge in [-0.1, -0.05) is 39.0 Å². The van der Waals surface area contributed by atoms with E-state index < -0.39 is 17.7 Å². The fraction of sp³-hybridized carbons (Fsp3) is 0.478. The number of ether oxygens (including phenoxy) is 1. The summed E-state index contributed by atoms with van der Waals surface area (Å²) in [5.74, 6) is 1.13. The quantitative estimate of drug-likeness (QED) is 0.516. The number of fused-ring (bicyclic) bond motifs is 1. The van der Waals surface area contributed by atoms with Crippen LogP contribution in [-0.2, 0) is 0 Å². The number of Topliss-reactive ketones (excluding diaryl/α,β-unsaturated/α-hetero) is 1. The summed E-state index contributed by atoms with van der Waals surface area (Å²) >= 11 is 3.27. The maximum atomic E-state index is 12.4. The van der Waals surface area contributed by atoms with Crippen LogP contribution in [0, 0.1) is 5.41 Å². The number of nitrogen functional groups attached to an aromatic ring is 1. The van der Waals surface area contributed by atoms with E-state index >= 15 is 0 Å². The van der Waals surface area contributed by atoms with Crippen molar-refractivity contribution < 1.29 is 19.4 Å². The molecule has 176 valence electrons. The van der Waals surface area contributed by atoms with Gasteiger partial charge in [0.05, 0.1) is 0 Å². The molecule has 4 N–H and O–H groups in total. The molecule has 0 saturated carbocycles. The van der Waals surface area contributed by atoms with Crippen molar-refractivity contribution in [3.05, 3.63) is 40.1 Å². The summed E-state index contributed by atoms with van der Waals surface area (Å²) < 4.78 is 6.82. The molecule has 2 unspecified atom stereocenters. The lowest BCUT2D eigenvalue weighted by atomic mass is 9.71. The third-order valence-electron chi connectivity index (χ3n) is 6.49. The number of amides is 1. The first-order chi connectivity index (χ1) is 15.4. The topological polar surface area (TPSA) is 131 Å². The van der Waals surface area contributed by atoms with Gasteiger partial charge in [-0.25, -0.2) is 14.8 Å². The van der Waals surface area contributed by atoms with Gasteiger partial charge < -0.3 is 25.8 Å². The Bertz CT molecular complexity index is 1120. The highest BCUT2D eigenvalue weighted by molar-refractivity contribution is 9.10. The van der Waals surface area contributed by atoms with Gasteiger partial charge in [0, 0.05) is 37.9 Å². The van der Waals surface area contributed by atoms with Crippen molar-refractivity contribution in [2.45, 2.75) is 58.2 Å². The first kappa shape index (κ1) is 23.3. The molecule has 1 aromatic heterocycles.